The van der Waals surface area contributed by atoms with Crippen LogP contribution in [0.3, 0.4) is 0 Å². The molecule has 0 radical (unpaired) electrons. The first-order chi connectivity index (χ1) is 16.8. The molecule has 0 bridgehead atoms. The Morgan fingerprint density at radius 3 is 2.83 bits per heavy atom. The summed E-state index contributed by atoms with van der Waals surface area (Å²) >= 11 is 6.44. The molecule has 1 aromatic carbocycles. The summed E-state index contributed by atoms with van der Waals surface area (Å²) in [5.41, 5.74) is 0.999. The molecule has 2 aromatic rings. The van der Waals surface area contributed by atoms with E-state index in [0.29, 0.717) is 53.3 Å². The highest BCUT2D eigenvalue weighted by atomic mass is 35.5. The lowest BCUT2D eigenvalue weighted by atomic mass is 9.67. The number of carbonyl (C=O) groups is 3. The number of rotatable bonds is 6. The van der Waals surface area contributed by atoms with Gasteiger partial charge in [-0.05, 0) is 55.7 Å². The van der Waals surface area contributed by atoms with Gasteiger partial charge in [-0.2, -0.15) is 5.26 Å². The van der Waals surface area contributed by atoms with Gasteiger partial charge < -0.3 is 25.3 Å². The number of amides is 3. The van der Waals surface area contributed by atoms with Crippen molar-refractivity contribution >= 4 is 40.2 Å². The van der Waals surface area contributed by atoms with Gasteiger partial charge in [0.25, 0.3) is 5.91 Å². The zero-order valence-electron chi connectivity index (χ0n) is 19.5. The molecule has 35 heavy (non-hydrogen) atoms. The Kier molecular flexibility index (Phi) is 6.09. The summed E-state index contributed by atoms with van der Waals surface area (Å²) in [5, 5.41) is 16.3. The van der Waals surface area contributed by atoms with Crippen molar-refractivity contribution in [3.63, 3.8) is 0 Å². The number of likely N-dealkylation sites (tertiary alicyclic amines) is 1. The second-order valence-corrected chi connectivity index (χ2v) is 10.3. The van der Waals surface area contributed by atoms with Crippen molar-refractivity contribution in [3.05, 3.63) is 28.9 Å². The standard InChI is InChI=1S/C25H28ClN5O4/c1-35-20-4-3-17-16(21(20)26)10-18(30-17)24(34)31-13-25(6-2-7-25)11-19(31)23(33)29-15(12-27)9-14-5-8-28-22(14)32/h3-4,10,14-15,19,30H,2,5-9,11,13H2,1H3,(H,28,32)(H,29,33)/t14-,15-,19-/m0/s1. The molecule has 3 heterocycles. The van der Waals surface area contributed by atoms with E-state index in [1.807, 2.05) is 0 Å². The van der Waals surface area contributed by atoms with E-state index in [4.69, 9.17) is 16.3 Å². The summed E-state index contributed by atoms with van der Waals surface area (Å²) in [4.78, 5) is 43.7. The average molecular weight is 498 g/mol. The van der Waals surface area contributed by atoms with E-state index < -0.39 is 12.1 Å². The quantitative estimate of drug-likeness (QED) is 0.565. The summed E-state index contributed by atoms with van der Waals surface area (Å²) in [6.45, 7) is 1.09. The monoisotopic (exact) mass is 497 g/mol. The van der Waals surface area contributed by atoms with Crippen LogP contribution in [0.25, 0.3) is 10.9 Å². The fourth-order valence-corrected chi connectivity index (χ4v) is 5.98. The fraction of sp³-hybridized carbons (Fsp3) is 0.520. The Balaban J connectivity index is 1.37. The number of aromatic nitrogens is 1. The molecule has 3 fully saturated rings. The van der Waals surface area contributed by atoms with Gasteiger partial charge in [0.1, 0.15) is 23.5 Å². The van der Waals surface area contributed by atoms with Gasteiger partial charge in [-0.15, -0.1) is 0 Å². The minimum atomic E-state index is -0.786. The Hall–Kier alpha value is -3.25. The minimum absolute atomic E-state index is 0.0575. The first kappa shape index (κ1) is 23.5. The molecule has 1 aliphatic carbocycles. The Bertz CT molecular complexity index is 1230. The maximum absolute atomic E-state index is 13.6. The molecule has 2 aliphatic heterocycles. The van der Waals surface area contributed by atoms with E-state index in [0.717, 1.165) is 19.3 Å². The van der Waals surface area contributed by atoms with Gasteiger partial charge in [-0.25, -0.2) is 0 Å². The third-order valence-corrected chi connectivity index (χ3v) is 8.18. The summed E-state index contributed by atoms with van der Waals surface area (Å²) in [7, 11) is 1.53. The van der Waals surface area contributed by atoms with E-state index >= 15 is 0 Å². The number of carbonyl (C=O) groups excluding carboxylic acids is 3. The molecule has 3 amide bonds. The average Bonchev–Trinajstić information content (AvgIpc) is 3.55. The van der Waals surface area contributed by atoms with Crippen LogP contribution in [-0.4, -0.2) is 59.9 Å². The van der Waals surface area contributed by atoms with Crippen LogP contribution in [0.4, 0.5) is 0 Å². The van der Waals surface area contributed by atoms with Crippen LogP contribution >= 0.6 is 11.6 Å². The second kappa shape index (κ2) is 9.08. The molecular weight excluding hydrogens is 470 g/mol. The topological polar surface area (TPSA) is 127 Å². The number of fused-ring (bicyclic) bond motifs is 1. The molecule has 5 rings (SSSR count). The lowest BCUT2D eigenvalue weighted by molar-refractivity contribution is -0.126. The second-order valence-electron chi connectivity index (χ2n) is 9.94. The third kappa shape index (κ3) is 4.20. The maximum atomic E-state index is 13.6. The third-order valence-electron chi connectivity index (χ3n) is 7.79. The first-order valence-corrected chi connectivity index (χ1v) is 12.4. The highest BCUT2D eigenvalue weighted by molar-refractivity contribution is 6.37. The van der Waals surface area contributed by atoms with Gasteiger partial charge in [0.2, 0.25) is 11.8 Å². The minimum Gasteiger partial charge on any atom is -0.495 e. The number of nitrogens with one attached hydrogen (secondary N) is 3. The first-order valence-electron chi connectivity index (χ1n) is 12.0. The molecule has 1 aromatic heterocycles. The molecule has 3 atom stereocenters. The Morgan fingerprint density at radius 2 is 2.20 bits per heavy atom. The number of ether oxygens (including phenoxy) is 1. The fourth-order valence-electron chi connectivity index (χ4n) is 5.69. The van der Waals surface area contributed by atoms with Crippen LogP contribution in [0, 0.1) is 22.7 Å². The predicted octanol–water partition coefficient (Wildman–Crippen LogP) is 2.75. The normalized spacial score (nSPS) is 23.6. The summed E-state index contributed by atoms with van der Waals surface area (Å²) in [5.74, 6) is -0.471. The molecule has 1 spiro atoms. The van der Waals surface area contributed by atoms with E-state index in [1.165, 1.54) is 7.11 Å². The van der Waals surface area contributed by atoms with Crippen LogP contribution in [0.2, 0.25) is 5.02 Å². The number of nitrogens with zero attached hydrogens (tertiary/aromatic N) is 2. The molecule has 184 valence electrons. The number of nitriles is 1. The van der Waals surface area contributed by atoms with E-state index in [-0.39, 0.29) is 35.5 Å². The number of benzene rings is 1. The number of hydrogen-bond acceptors (Lipinski definition) is 5. The number of halogens is 1. The van der Waals surface area contributed by atoms with E-state index in [1.54, 1.807) is 23.1 Å². The van der Waals surface area contributed by atoms with Gasteiger partial charge in [0.15, 0.2) is 0 Å². The predicted molar refractivity (Wildman–Crippen MR) is 129 cm³/mol. The van der Waals surface area contributed by atoms with Crippen LogP contribution in [0.5, 0.6) is 5.75 Å². The summed E-state index contributed by atoms with van der Waals surface area (Å²) < 4.78 is 5.28. The SMILES string of the molecule is COc1ccc2[nH]c(C(=O)N3CC4(CCC4)C[C@H]3C(=O)N[C@H](C#N)C[C@@H]3CCNC3=O)cc2c1Cl. The summed E-state index contributed by atoms with van der Waals surface area (Å²) in [6.07, 6.45) is 4.51. The van der Waals surface area contributed by atoms with Crippen molar-refractivity contribution in [1.82, 2.24) is 20.5 Å². The smallest absolute Gasteiger partial charge is 0.271 e. The Labute approximate surface area is 208 Å². The molecular formula is C25H28ClN5O4. The van der Waals surface area contributed by atoms with Crippen molar-refractivity contribution in [1.29, 1.82) is 5.26 Å². The molecule has 2 saturated heterocycles. The highest BCUT2D eigenvalue weighted by Gasteiger charge is 2.52. The van der Waals surface area contributed by atoms with Crippen LogP contribution in [0.1, 0.15) is 49.0 Å². The molecule has 0 unspecified atom stereocenters. The zero-order chi connectivity index (χ0) is 24.7. The highest BCUT2D eigenvalue weighted by Crippen LogP contribution is 2.50. The number of methoxy groups -OCH3 is 1. The largest absolute Gasteiger partial charge is 0.495 e. The summed E-state index contributed by atoms with van der Waals surface area (Å²) in [6, 6.07) is 5.88. The zero-order valence-corrected chi connectivity index (χ0v) is 20.3. The molecule has 9 nitrogen and oxygen atoms in total. The van der Waals surface area contributed by atoms with Crippen molar-refractivity contribution in [3.8, 4) is 11.8 Å². The van der Waals surface area contributed by atoms with Gasteiger partial charge in [-0.3, -0.25) is 14.4 Å². The van der Waals surface area contributed by atoms with Crippen molar-refractivity contribution in [2.24, 2.45) is 11.3 Å². The van der Waals surface area contributed by atoms with Gasteiger partial charge in [0.05, 0.1) is 18.2 Å². The van der Waals surface area contributed by atoms with Crippen LogP contribution < -0.4 is 15.4 Å². The van der Waals surface area contributed by atoms with Crippen LogP contribution in [-0.2, 0) is 9.59 Å². The van der Waals surface area contributed by atoms with Crippen LogP contribution in [0.15, 0.2) is 18.2 Å². The van der Waals surface area contributed by atoms with Gasteiger partial charge >= 0.3 is 0 Å². The number of H-pyrrole nitrogens is 1. The number of hydrogen-bond donors (Lipinski definition) is 3. The van der Waals surface area contributed by atoms with Gasteiger partial charge in [0, 0.05) is 29.9 Å². The van der Waals surface area contributed by atoms with Crippen molar-refractivity contribution < 1.29 is 19.1 Å². The molecule has 3 aliphatic rings. The number of aromatic amines is 1. The lowest BCUT2D eigenvalue weighted by Gasteiger charge is -2.37. The van der Waals surface area contributed by atoms with Crippen molar-refractivity contribution in [2.75, 3.05) is 20.2 Å². The molecule has 3 N–H and O–H groups in total. The lowest BCUT2D eigenvalue weighted by Crippen LogP contribution is -2.49. The molecule has 10 heteroatoms. The van der Waals surface area contributed by atoms with E-state index in [9.17, 15) is 19.6 Å². The Morgan fingerprint density at radius 1 is 1.40 bits per heavy atom. The van der Waals surface area contributed by atoms with Gasteiger partial charge in [-0.1, -0.05) is 18.0 Å². The van der Waals surface area contributed by atoms with E-state index in [2.05, 4.69) is 21.7 Å². The maximum Gasteiger partial charge on any atom is 0.271 e. The molecule has 1 saturated carbocycles. The van der Waals surface area contributed by atoms with Crippen molar-refractivity contribution in [2.45, 2.75) is 50.6 Å².